The van der Waals surface area contributed by atoms with Crippen LogP contribution in [0.2, 0.25) is 0 Å². The van der Waals surface area contributed by atoms with Gasteiger partial charge in [0.05, 0.1) is 25.4 Å². The van der Waals surface area contributed by atoms with Gasteiger partial charge in [-0.05, 0) is 49.8 Å². The number of hydrogen-bond donors (Lipinski definition) is 1. The summed E-state index contributed by atoms with van der Waals surface area (Å²) in [4.78, 5) is 2.42. The summed E-state index contributed by atoms with van der Waals surface area (Å²) in [6.07, 6.45) is 6.84. The fourth-order valence-corrected chi connectivity index (χ4v) is 4.32. The van der Waals surface area contributed by atoms with Gasteiger partial charge in [0.1, 0.15) is 5.75 Å². The van der Waals surface area contributed by atoms with Crippen LogP contribution >= 0.6 is 0 Å². The molecule has 140 valence electrons. The molecule has 0 bridgehead atoms. The molecular weight excluding hydrogens is 314 g/mol. The lowest BCUT2D eigenvalue weighted by molar-refractivity contribution is -0.0581. The van der Waals surface area contributed by atoms with Gasteiger partial charge in [0.25, 0.3) is 0 Å². The molecule has 2 aliphatic rings. The highest BCUT2D eigenvalue weighted by Gasteiger charge is 2.39. The SMILES string of the molecule is CCOc1ccc([C@](O)(CCN2CCOCC2)C2CCCCC2)cc1. The smallest absolute Gasteiger partial charge is 0.119 e. The second kappa shape index (κ2) is 9.02. The summed E-state index contributed by atoms with van der Waals surface area (Å²) in [5, 5.41) is 11.8. The van der Waals surface area contributed by atoms with Crippen molar-refractivity contribution >= 4 is 0 Å². The molecular formula is C21H33NO3. The van der Waals surface area contributed by atoms with Crippen molar-refractivity contribution in [1.82, 2.24) is 4.90 Å². The van der Waals surface area contributed by atoms with Crippen molar-refractivity contribution in [2.24, 2.45) is 5.92 Å². The number of benzene rings is 1. The number of morpholine rings is 1. The van der Waals surface area contributed by atoms with Crippen LogP contribution in [0.15, 0.2) is 24.3 Å². The maximum atomic E-state index is 11.8. The van der Waals surface area contributed by atoms with Crippen molar-refractivity contribution in [3.8, 4) is 5.75 Å². The summed E-state index contributed by atoms with van der Waals surface area (Å²) in [5.74, 6) is 1.24. The van der Waals surface area contributed by atoms with E-state index in [1.165, 1.54) is 19.3 Å². The second-order valence-electron chi connectivity index (χ2n) is 7.42. The van der Waals surface area contributed by atoms with Crippen LogP contribution in [0.3, 0.4) is 0 Å². The number of ether oxygens (including phenoxy) is 2. The van der Waals surface area contributed by atoms with E-state index in [0.29, 0.717) is 12.5 Å². The lowest BCUT2D eigenvalue weighted by Crippen LogP contribution is -2.43. The highest BCUT2D eigenvalue weighted by atomic mass is 16.5. The van der Waals surface area contributed by atoms with Crippen molar-refractivity contribution in [2.75, 3.05) is 39.5 Å². The van der Waals surface area contributed by atoms with Gasteiger partial charge < -0.3 is 14.6 Å². The highest BCUT2D eigenvalue weighted by Crippen LogP contribution is 2.42. The predicted molar refractivity (Wildman–Crippen MR) is 100.0 cm³/mol. The molecule has 4 heteroatoms. The van der Waals surface area contributed by atoms with Crippen molar-refractivity contribution in [3.63, 3.8) is 0 Å². The van der Waals surface area contributed by atoms with Gasteiger partial charge in [-0.15, -0.1) is 0 Å². The first kappa shape index (κ1) is 18.7. The topological polar surface area (TPSA) is 41.9 Å². The maximum Gasteiger partial charge on any atom is 0.119 e. The summed E-state index contributed by atoms with van der Waals surface area (Å²) in [5.41, 5.74) is 0.319. The van der Waals surface area contributed by atoms with Gasteiger partial charge in [-0.2, -0.15) is 0 Å². The average Bonchev–Trinajstić information content (AvgIpc) is 2.68. The first-order chi connectivity index (χ1) is 12.2. The van der Waals surface area contributed by atoms with Gasteiger partial charge in [-0.25, -0.2) is 0 Å². The second-order valence-corrected chi connectivity index (χ2v) is 7.42. The molecule has 1 saturated heterocycles. The Kier molecular flexibility index (Phi) is 6.74. The number of aliphatic hydroxyl groups is 1. The summed E-state index contributed by atoms with van der Waals surface area (Å²) >= 11 is 0. The molecule has 0 spiro atoms. The number of rotatable bonds is 7. The Morgan fingerprint density at radius 2 is 1.80 bits per heavy atom. The minimum atomic E-state index is -0.733. The zero-order chi connectivity index (χ0) is 17.5. The van der Waals surface area contributed by atoms with Crippen LogP contribution in [0.5, 0.6) is 5.75 Å². The monoisotopic (exact) mass is 347 g/mol. The molecule has 1 heterocycles. The lowest BCUT2D eigenvalue weighted by atomic mass is 9.71. The minimum absolute atomic E-state index is 0.361. The molecule has 0 unspecified atom stereocenters. The third-order valence-electron chi connectivity index (χ3n) is 5.86. The van der Waals surface area contributed by atoms with Crippen LogP contribution in [0.25, 0.3) is 0 Å². The van der Waals surface area contributed by atoms with Gasteiger partial charge in [0.2, 0.25) is 0 Å². The van der Waals surface area contributed by atoms with E-state index < -0.39 is 5.60 Å². The first-order valence-electron chi connectivity index (χ1n) is 9.98. The fraction of sp³-hybridized carbons (Fsp3) is 0.714. The van der Waals surface area contributed by atoms with Crippen molar-refractivity contribution in [2.45, 2.75) is 51.0 Å². The Balaban J connectivity index is 1.74. The van der Waals surface area contributed by atoms with E-state index in [0.717, 1.165) is 63.4 Å². The molecule has 4 nitrogen and oxygen atoms in total. The van der Waals surface area contributed by atoms with Crippen LogP contribution in [-0.2, 0) is 10.3 Å². The molecule has 0 amide bonds. The standard InChI is InChI=1S/C21H33NO3/c1-2-25-20-10-8-19(9-11-20)21(23,18-6-4-3-5-7-18)12-13-22-14-16-24-17-15-22/h8-11,18,23H,2-7,12-17H2,1H3/t21-/m0/s1. The van der Waals surface area contributed by atoms with Crippen LogP contribution in [-0.4, -0.2) is 49.5 Å². The molecule has 1 aromatic rings. The van der Waals surface area contributed by atoms with Gasteiger partial charge in [0.15, 0.2) is 0 Å². The third-order valence-corrected chi connectivity index (χ3v) is 5.86. The summed E-state index contributed by atoms with van der Waals surface area (Å²) in [6, 6.07) is 8.14. The molecule has 25 heavy (non-hydrogen) atoms. The molecule has 1 aliphatic carbocycles. The van der Waals surface area contributed by atoms with E-state index in [9.17, 15) is 5.11 Å². The van der Waals surface area contributed by atoms with Gasteiger partial charge in [0, 0.05) is 19.6 Å². The Hall–Kier alpha value is -1.10. The third kappa shape index (κ3) is 4.75. The van der Waals surface area contributed by atoms with Gasteiger partial charge >= 0.3 is 0 Å². The zero-order valence-corrected chi connectivity index (χ0v) is 15.6. The minimum Gasteiger partial charge on any atom is -0.494 e. The molecule has 0 radical (unpaired) electrons. The van der Waals surface area contributed by atoms with E-state index in [2.05, 4.69) is 17.0 Å². The Labute approximate surface area is 152 Å². The number of nitrogens with zero attached hydrogens (tertiary/aromatic N) is 1. The molecule has 1 saturated carbocycles. The lowest BCUT2D eigenvalue weighted by Gasteiger charge is -2.40. The predicted octanol–water partition coefficient (Wildman–Crippen LogP) is 3.58. The normalized spacial score (nSPS) is 22.5. The van der Waals surface area contributed by atoms with Gasteiger partial charge in [-0.3, -0.25) is 4.90 Å². The number of hydrogen-bond acceptors (Lipinski definition) is 4. The average molecular weight is 347 g/mol. The maximum absolute atomic E-state index is 11.8. The van der Waals surface area contributed by atoms with Crippen molar-refractivity contribution < 1.29 is 14.6 Å². The molecule has 1 aromatic carbocycles. The first-order valence-corrected chi connectivity index (χ1v) is 9.98. The summed E-state index contributed by atoms with van der Waals surface area (Å²) < 4.78 is 11.0. The highest BCUT2D eigenvalue weighted by molar-refractivity contribution is 5.31. The largest absolute Gasteiger partial charge is 0.494 e. The van der Waals surface area contributed by atoms with E-state index in [4.69, 9.17) is 9.47 Å². The zero-order valence-electron chi connectivity index (χ0n) is 15.6. The van der Waals surface area contributed by atoms with E-state index in [-0.39, 0.29) is 0 Å². The molecule has 2 fully saturated rings. The van der Waals surface area contributed by atoms with Crippen molar-refractivity contribution in [1.29, 1.82) is 0 Å². The van der Waals surface area contributed by atoms with E-state index in [1.807, 2.05) is 19.1 Å². The Bertz CT molecular complexity index is 506. The molecule has 1 atom stereocenters. The van der Waals surface area contributed by atoms with Gasteiger partial charge in [-0.1, -0.05) is 31.4 Å². The summed E-state index contributed by atoms with van der Waals surface area (Å²) in [6.45, 7) is 7.17. The van der Waals surface area contributed by atoms with Crippen LogP contribution in [0, 0.1) is 5.92 Å². The molecule has 1 N–H and O–H groups in total. The van der Waals surface area contributed by atoms with E-state index >= 15 is 0 Å². The summed E-state index contributed by atoms with van der Waals surface area (Å²) in [7, 11) is 0. The Morgan fingerprint density at radius 3 is 2.44 bits per heavy atom. The fourth-order valence-electron chi connectivity index (χ4n) is 4.32. The molecule has 3 rings (SSSR count). The quantitative estimate of drug-likeness (QED) is 0.819. The molecule has 1 aliphatic heterocycles. The Morgan fingerprint density at radius 1 is 1.12 bits per heavy atom. The van der Waals surface area contributed by atoms with Crippen LogP contribution < -0.4 is 4.74 Å². The van der Waals surface area contributed by atoms with Crippen molar-refractivity contribution in [3.05, 3.63) is 29.8 Å². The van der Waals surface area contributed by atoms with Crippen LogP contribution in [0.1, 0.15) is 51.0 Å². The van der Waals surface area contributed by atoms with E-state index in [1.54, 1.807) is 0 Å². The molecule has 0 aromatic heterocycles. The van der Waals surface area contributed by atoms with Crippen LogP contribution in [0.4, 0.5) is 0 Å².